The van der Waals surface area contributed by atoms with E-state index in [1.165, 1.54) is 0 Å². The van der Waals surface area contributed by atoms with Crippen molar-refractivity contribution in [3.8, 4) is 0 Å². The summed E-state index contributed by atoms with van der Waals surface area (Å²) in [7, 11) is 0. The van der Waals surface area contributed by atoms with Crippen LogP contribution in [0.15, 0.2) is 30.3 Å². The molecule has 0 bridgehead atoms. The first-order chi connectivity index (χ1) is 4.43. The molecule has 2 radical (unpaired) electrons. The minimum Gasteiger partial charge on any atom is -0.291 e. The quantitative estimate of drug-likeness (QED) is 0.631. The average molecular weight is 183 g/mol. The monoisotopic (exact) mass is 182 g/mol. The zero-order chi connectivity index (χ0) is 6.53. The van der Waals surface area contributed by atoms with Crippen LogP contribution in [-0.2, 0) is 28.3 Å². The normalized spacial score (nSPS) is 8.00. The molecule has 2 heteroatoms. The van der Waals surface area contributed by atoms with Crippen molar-refractivity contribution in [1.82, 2.24) is 0 Å². The molecule has 0 aromatic heterocycles. The van der Waals surface area contributed by atoms with E-state index in [0.29, 0.717) is 6.42 Å². The molecule has 1 aromatic rings. The van der Waals surface area contributed by atoms with Crippen molar-refractivity contribution in [3.05, 3.63) is 35.9 Å². The van der Waals surface area contributed by atoms with E-state index in [1.54, 1.807) is 0 Å². The molecule has 0 saturated carbocycles. The summed E-state index contributed by atoms with van der Waals surface area (Å²) in [5.41, 5.74) is 1.02. The van der Waals surface area contributed by atoms with E-state index < -0.39 is 0 Å². The van der Waals surface area contributed by atoms with Gasteiger partial charge in [0.15, 0.2) is 0 Å². The smallest absolute Gasteiger partial charge is 0.203 e. The van der Waals surface area contributed by atoms with Crippen molar-refractivity contribution < 1.29 is 21.9 Å². The Labute approximate surface area is 70.9 Å². The number of benzene rings is 1. The van der Waals surface area contributed by atoms with Crippen LogP contribution in [-0.4, -0.2) is 6.29 Å². The molecular weight excluding hydrogens is 176 g/mol. The Kier molecular flexibility index (Phi) is 4.91. The molecule has 0 fully saturated rings. The third-order valence-corrected chi connectivity index (χ3v) is 1.12. The zero-order valence-electron chi connectivity index (χ0n) is 5.30. The molecule has 0 heterocycles. The molecule has 10 heavy (non-hydrogen) atoms. The Bertz CT molecular complexity index is 184. The van der Waals surface area contributed by atoms with Crippen LogP contribution in [0.5, 0.6) is 0 Å². The van der Waals surface area contributed by atoms with Gasteiger partial charge in [-0.25, -0.2) is 0 Å². The maximum absolute atomic E-state index is 9.85. The predicted molar refractivity (Wildman–Crippen MR) is 35.8 cm³/mol. The van der Waals surface area contributed by atoms with Crippen LogP contribution in [0.1, 0.15) is 5.56 Å². The van der Waals surface area contributed by atoms with E-state index in [1.807, 2.05) is 36.6 Å². The summed E-state index contributed by atoms with van der Waals surface area (Å²) in [6.07, 6.45) is 2.24. The van der Waals surface area contributed by atoms with Gasteiger partial charge < -0.3 is 0 Å². The molecule has 0 unspecified atom stereocenters. The number of carbonyl (C=O) groups excluding carboxylic acids is 1. The summed E-state index contributed by atoms with van der Waals surface area (Å²) in [4.78, 5) is 9.85. The molecular formula is C8H7CuO. The molecule has 0 aliphatic carbocycles. The summed E-state index contributed by atoms with van der Waals surface area (Å²) < 4.78 is 0. The van der Waals surface area contributed by atoms with Crippen LogP contribution < -0.4 is 0 Å². The molecule has 0 amide bonds. The zero-order valence-corrected chi connectivity index (χ0v) is 6.25. The third-order valence-electron chi connectivity index (χ3n) is 1.12. The first-order valence-corrected chi connectivity index (χ1v) is 2.82. The Morgan fingerprint density at radius 1 is 1.20 bits per heavy atom. The van der Waals surface area contributed by atoms with Gasteiger partial charge in [-0.3, -0.25) is 4.79 Å². The summed E-state index contributed by atoms with van der Waals surface area (Å²) in [6, 6.07) is 9.56. The maximum atomic E-state index is 9.85. The molecule has 0 aliphatic rings. The molecule has 0 spiro atoms. The fraction of sp³-hybridized carbons (Fsp3) is 0.125. The Balaban J connectivity index is 0.000000810. The molecule has 1 nitrogen and oxygen atoms in total. The first kappa shape index (κ1) is 9.41. The van der Waals surface area contributed by atoms with Gasteiger partial charge in [-0.15, -0.1) is 0 Å². The van der Waals surface area contributed by atoms with Crippen molar-refractivity contribution >= 4 is 6.29 Å². The van der Waals surface area contributed by atoms with Gasteiger partial charge in [0, 0.05) is 23.5 Å². The molecule has 0 aliphatic heterocycles. The average Bonchev–Trinajstić information content (AvgIpc) is 1.91. The number of hydrogen-bond acceptors (Lipinski definition) is 1. The van der Waals surface area contributed by atoms with Crippen LogP contribution in [0.25, 0.3) is 0 Å². The summed E-state index contributed by atoms with van der Waals surface area (Å²) in [5, 5.41) is 0. The largest absolute Gasteiger partial charge is 0.291 e. The topological polar surface area (TPSA) is 17.1 Å². The van der Waals surface area contributed by atoms with E-state index in [0.717, 1.165) is 5.56 Å². The second-order valence-electron chi connectivity index (χ2n) is 1.81. The van der Waals surface area contributed by atoms with Crippen molar-refractivity contribution in [1.29, 1.82) is 0 Å². The second kappa shape index (κ2) is 5.21. The number of hydrogen-bond donors (Lipinski definition) is 0. The van der Waals surface area contributed by atoms with Gasteiger partial charge in [-0.05, 0) is 5.56 Å². The van der Waals surface area contributed by atoms with Gasteiger partial charge in [0.1, 0.15) is 0 Å². The standard InChI is InChI=1S/C8H7O.Cu/c9-7-6-8-4-2-1-3-5-8;/h1-5H,6H2;. The summed E-state index contributed by atoms with van der Waals surface area (Å²) >= 11 is 0. The fourth-order valence-corrected chi connectivity index (χ4v) is 0.679. The Morgan fingerprint density at radius 3 is 2.30 bits per heavy atom. The van der Waals surface area contributed by atoms with Gasteiger partial charge in [0.05, 0.1) is 0 Å². The molecule has 1 rings (SSSR count). The Morgan fingerprint density at radius 2 is 1.80 bits per heavy atom. The minimum absolute atomic E-state index is 0. The van der Waals surface area contributed by atoms with E-state index >= 15 is 0 Å². The van der Waals surface area contributed by atoms with Crippen molar-refractivity contribution in [2.24, 2.45) is 0 Å². The van der Waals surface area contributed by atoms with Gasteiger partial charge in [-0.1, -0.05) is 30.3 Å². The van der Waals surface area contributed by atoms with Crippen molar-refractivity contribution in [2.45, 2.75) is 6.42 Å². The first-order valence-electron chi connectivity index (χ1n) is 2.82. The fourth-order valence-electron chi connectivity index (χ4n) is 0.679. The van der Waals surface area contributed by atoms with Gasteiger partial charge in [-0.2, -0.15) is 0 Å². The molecule has 0 saturated heterocycles. The van der Waals surface area contributed by atoms with Gasteiger partial charge in [0.2, 0.25) is 6.29 Å². The van der Waals surface area contributed by atoms with E-state index in [-0.39, 0.29) is 17.1 Å². The molecule has 0 atom stereocenters. The SMILES string of the molecule is O=[C]Cc1ccccc1.[Cu]. The van der Waals surface area contributed by atoms with Crippen LogP contribution in [0.2, 0.25) is 0 Å². The predicted octanol–water partition coefficient (Wildman–Crippen LogP) is 1.34. The maximum Gasteiger partial charge on any atom is 0.203 e. The Hall–Kier alpha value is -0.591. The van der Waals surface area contributed by atoms with Crippen LogP contribution in [0, 0.1) is 0 Å². The van der Waals surface area contributed by atoms with Gasteiger partial charge in [0.25, 0.3) is 0 Å². The third kappa shape index (κ3) is 2.81. The van der Waals surface area contributed by atoms with E-state index in [2.05, 4.69) is 0 Å². The second-order valence-corrected chi connectivity index (χ2v) is 1.81. The van der Waals surface area contributed by atoms with E-state index in [4.69, 9.17) is 0 Å². The number of rotatable bonds is 2. The van der Waals surface area contributed by atoms with Crippen LogP contribution >= 0.6 is 0 Å². The molecule has 1 aromatic carbocycles. The van der Waals surface area contributed by atoms with Crippen molar-refractivity contribution in [2.75, 3.05) is 0 Å². The van der Waals surface area contributed by atoms with Gasteiger partial charge >= 0.3 is 0 Å². The van der Waals surface area contributed by atoms with Crippen LogP contribution in [0.3, 0.4) is 0 Å². The molecule has 0 N–H and O–H groups in total. The summed E-state index contributed by atoms with van der Waals surface area (Å²) in [6.45, 7) is 0. The minimum atomic E-state index is 0. The van der Waals surface area contributed by atoms with Crippen molar-refractivity contribution in [3.63, 3.8) is 0 Å². The summed E-state index contributed by atoms with van der Waals surface area (Å²) in [5.74, 6) is 0. The van der Waals surface area contributed by atoms with E-state index in [9.17, 15) is 4.79 Å². The van der Waals surface area contributed by atoms with Crippen LogP contribution in [0.4, 0.5) is 0 Å². The molecule has 56 valence electrons.